The molecule has 21 heavy (non-hydrogen) atoms. The van der Waals surface area contributed by atoms with Crippen molar-refractivity contribution in [3.05, 3.63) is 70.5 Å². The molecule has 0 spiro atoms. The van der Waals surface area contributed by atoms with E-state index < -0.39 is 0 Å². The summed E-state index contributed by atoms with van der Waals surface area (Å²) in [6.45, 7) is 6.84. The molecule has 1 atom stereocenters. The van der Waals surface area contributed by atoms with Crippen molar-refractivity contribution < 1.29 is 4.39 Å². The fourth-order valence-electron chi connectivity index (χ4n) is 2.72. The third-order valence-corrected chi connectivity index (χ3v) is 3.76. The van der Waals surface area contributed by atoms with Crippen molar-refractivity contribution in [2.75, 3.05) is 6.54 Å². The van der Waals surface area contributed by atoms with Gasteiger partial charge in [-0.1, -0.05) is 62.7 Å². The topological polar surface area (TPSA) is 12.0 Å². The number of rotatable bonds is 6. The van der Waals surface area contributed by atoms with Crippen LogP contribution in [0.15, 0.2) is 42.5 Å². The SMILES string of the molecule is CCCc1cccc(C(NCC)c2cccc(C)c2F)c1. The van der Waals surface area contributed by atoms with Crippen LogP contribution in [0.2, 0.25) is 0 Å². The Morgan fingerprint density at radius 1 is 1.10 bits per heavy atom. The van der Waals surface area contributed by atoms with Gasteiger partial charge in [0.25, 0.3) is 0 Å². The Hall–Kier alpha value is -1.67. The van der Waals surface area contributed by atoms with E-state index in [4.69, 9.17) is 0 Å². The molecule has 0 aromatic heterocycles. The molecule has 1 nitrogen and oxygen atoms in total. The van der Waals surface area contributed by atoms with Gasteiger partial charge >= 0.3 is 0 Å². The fraction of sp³-hybridized carbons (Fsp3) is 0.368. The van der Waals surface area contributed by atoms with E-state index in [0.717, 1.165) is 30.5 Å². The molecule has 2 aromatic carbocycles. The van der Waals surface area contributed by atoms with Crippen molar-refractivity contribution in [1.29, 1.82) is 0 Å². The molecule has 2 aromatic rings. The third kappa shape index (κ3) is 3.70. The number of benzene rings is 2. The summed E-state index contributed by atoms with van der Waals surface area (Å²) in [4.78, 5) is 0. The molecular formula is C19H24FN. The molecule has 0 aliphatic heterocycles. The van der Waals surface area contributed by atoms with Crippen molar-refractivity contribution in [2.45, 2.75) is 39.7 Å². The first-order valence-corrected chi connectivity index (χ1v) is 7.74. The van der Waals surface area contributed by atoms with Gasteiger partial charge in [-0.05, 0) is 36.6 Å². The van der Waals surface area contributed by atoms with E-state index in [0.29, 0.717) is 5.56 Å². The van der Waals surface area contributed by atoms with E-state index in [-0.39, 0.29) is 11.9 Å². The molecule has 2 rings (SSSR count). The summed E-state index contributed by atoms with van der Waals surface area (Å²) in [5.41, 5.74) is 3.86. The normalized spacial score (nSPS) is 12.4. The zero-order valence-corrected chi connectivity index (χ0v) is 13.1. The highest BCUT2D eigenvalue weighted by molar-refractivity contribution is 5.37. The molecule has 0 radical (unpaired) electrons. The summed E-state index contributed by atoms with van der Waals surface area (Å²) in [5, 5.41) is 3.41. The van der Waals surface area contributed by atoms with Crippen LogP contribution >= 0.6 is 0 Å². The standard InChI is InChI=1S/C19H24FN/c1-4-8-15-10-7-11-16(13-15)19(21-5-2)17-12-6-9-14(3)18(17)20/h6-7,9-13,19,21H,4-5,8H2,1-3H3. The van der Waals surface area contributed by atoms with Crippen molar-refractivity contribution in [1.82, 2.24) is 5.32 Å². The second kappa shape index (κ2) is 7.37. The number of aryl methyl sites for hydroxylation is 2. The molecule has 0 saturated carbocycles. The Morgan fingerprint density at radius 2 is 1.86 bits per heavy atom. The van der Waals surface area contributed by atoms with Gasteiger partial charge in [-0.2, -0.15) is 0 Å². The zero-order valence-electron chi connectivity index (χ0n) is 13.1. The average Bonchev–Trinajstić information content (AvgIpc) is 2.49. The first-order valence-electron chi connectivity index (χ1n) is 7.74. The van der Waals surface area contributed by atoms with Gasteiger partial charge in [0.1, 0.15) is 5.82 Å². The molecule has 112 valence electrons. The fourth-order valence-corrected chi connectivity index (χ4v) is 2.72. The van der Waals surface area contributed by atoms with Crippen molar-refractivity contribution >= 4 is 0 Å². The van der Waals surface area contributed by atoms with Gasteiger partial charge in [0.2, 0.25) is 0 Å². The highest BCUT2D eigenvalue weighted by Gasteiger charge is 2.18. The maximum Gasteiger partial charge on any atom is 0.131 e. The maximum absolute atomic E-state index is 14.5. The van der Waals surface area contributed by atoms with E-state index in [1.807, 2.05) is 25.1 Å². The van der Waals surface area contributed by atoms with Gasteiger partial charge in [0.15, 0.2) is 0 Å². The second-order valence-electron chi connectivity index (χ2n) is 5.46. The Bertz CT molecular complexity index is 592. The first kappa shape index (κ1) is 15.7. The van der Waals surface area contributed by atoms with E-state index in [2.05, 4.69) is 43.4 Å². The number of halogens is 1. The molecular weight excluding hydrogens is 261 g/mol. The molecule has 2 heteroatoms. The Kier molecular flexibility index (Phi) is 5.51. The lowest BCUT2D eigenvalue weighted by molar-refractivity contribution is 0.553. The molecule has 0 bridgehead atoms. The first-order chi connectivity index (χ1) is 10.2. The van der Waals surface area contributed by atoms with Crippen LogP contribution in [-0.4, -0.2) is 6.54 Å². The van der Waals surface area contributed by atoms with Gasteiger partial charge in [0, 0.05) is 5.56 Å². The van der Waals surface area contributed by atoms with E-state index in [1.54, 1.807) is 0 Å². The van der Waals surface area contributed by atoms with Crippen LogP contribution in [0.5, 0.6) is 0 Å². The third-order valence-electron chi connectivity index (χ3n) is 3.76. The van der Waals surface area contributed by atoms with E-state index in [1.165, 1.54) is 5.56 Å². The minimum absolute atomic E-state index is 0.0910. The predicted molar refractivity (Wildman–Crippen MR) is 87.1 cm³/mol. The minimum Gasteiger partial charge on any atom is -0.306 e. The Balaban J connectivity index is 2.43. The molecule has 0 aliphatic rings. The molecule has 0 saturated heterocycles. The molecule has 0 fully saturated rings. The minimum atomic E-state index is -0.107. The Labute approximate surface area is 127 Å². The Morgan fingerprint density at radius 3 is 2.57 bits per heavy atom. The highest BCUT2D eigenvalue weighted by Crippen LogP contribution is 2.26. The van der Waals surface area contributed by atoms with Crippen molar-refractivity contribution in [3.63, 3.8) is 0 Å². The smallest absolute Gasteiger partial charge is 0.131 e. The summed E-state index contributed by atoms with van der Waals surface area (Å²) in [6, 6.07) is 14.0. The second-order valence-corrected chi connectivity index (χ2v) is 5.46. The largest absolute Gasteiger partial charge is 0.306 e. The van der Waals surface area contributed by atoms with Gasteiger partial charge in [-0.25, -0.2) is 4.39 Å². The van der Waals surface area contributed by atoms with Crippen LogP contribution in [-0.2, 0) is 6.42 Å². The van der Waals surface area contributed by atoms with Crippen LogP contribution < -0.4 is 5.32 Å². The lowest BCUT2D eigenvalue weighted by atomic mass is 9.94. The van der Waals surface area contributed by atoms with Gasteiger partial charge in [-0.15, -0.1) is 0 Å². The van der Waals surface area contributed by atoms with Crippen LogP contribution in [0.3, 0.4) is 0 Å². The summed E-state index contributed by atoms with van der Waals surface area (Å²) in [6.07, 6.45) is 2.18. The van der Waals surface area contributed by atoms with Crippen LogP contribution in [0, 0.1) is 12.7 Å². The lowest BCUT2D eigenvalue weighted by Gasteiger charge is -2.21. The van der Waals surface area contributed by atoms with Crippen LogP contribution in [0.1, 0.15) is 48.6 Å². The average molecular weight is 285 g/mol. The van der Waals surface area contributed by atoms with Crippen molar-refractivity contribution in [3.8, 4) is 0 Å². The summed E-state index contributed by atoms with van der Waals surface area (Å²) < 4.78 is 14.5. The van der Waals surface area contributed by atoms with E-state index in [9.17, 15) is 4.39 Å². The quantitative estimate of drug-likeness (QED) is 0.805. The summed E-state index contributed by atoms with van der Waals surface area (Å²) in [5.74, 6) is -0.107. The highest BCUT2D eigenvalue weighted by atomic mass is 19.1. The molecule has 1 unspecified atom stereocenters. The van der Waals surface area contributed by atoms with Gasteiger partial charge < -0.3 is 5.32 Å². The van der Waals surface area contributed by atoms with Gasteiger partial charge in [-0.3, -0.25) is 0 Å². The molecule has 0 aliphatic carbocycles. The van der Waals surface area contributed by atoms with Crippen molar-refractivity contribution in [2.24, 2.45) is 0 Å². The van der Waals surface area contributed by atoms with Gasteiger partial charge in [0.05, 0.1) is 6.04 Å². The predicted octanol–water partition coefficient (Wildman–Crippen LogP) is 4.79. The summed E-state index contributed by atoms with van der Waals surface area (Å²) in [7, 11) is 0. The maximum atomic E-state index is 14.5. The molecule has 0 heterocycles. The summed E-state index contributed by atoms with van der Waals surface area (Å²) >= 11 is 0. The lowest BCUT2D eigenvalue weighted by Crippen LogP contribution is -2.23. The number of hydrogen-bond donors (Lipinski definition) is 1. The molecule has 1 N–H and O–H groups in total. The monoisotopic (exact) mass is 285 g/mol. The van der Waals surface area contributed by atoms with Crippen LogP contribution in [0.4, 0.5) is 4.39 Å². The number of nitrogens with one attached hydrogen (secondary N) is 1. The number of hydrogen-bond acceptors (Lipinski definition) is 1. The zero-order chi connectivity index (χ0) is 15.2. The molecule has 0 amide bonds. The van der Waals surface area contributed by atoms with E-state index >= 15 is 0 Å². The van der Waals surface area contributed by atoms with Crippen LogP contribution in [0.25, 0.3) is 0 Å².